The second-order valence-electron chi connectivity index (χ2n) is 2.43. The third-order valence-electron chi connectivity index (χ3n) is 1.49. The predicted octanol–water partition coefficient (Wildman–Crippen LogP) is 2.10. The van der Waals surface area contributed by atoms with Gasteiger partial charge in [-0.15, -0.1) is 0 Å². The summed E-state index contributed by atoms with van der Waals surface area (Å²) < 4.78 is 26.4. The Kier molecular flexibility index (Phi) is 3.62. The van der Waals surface area contributed by atoms with Crippen molar-refractivity contribution in [3.05, 3.63) is 28.2 Å². The summed E-state index contributed by atoms with van der Waals surface area (Å²) >= 11 is 2.96. The fourth-order valence-electron chi connectivity index (χ4n) is 0.886. The molecule has 0 aliphatic heterocycles. The van der Waals surface area contributed by atoms with Crippen molar-refractivity contribution in [3.8, 4) is 0 Å². The summed E-state index contributed by atoms with van der Waals surface area (Å²) in [7, 11) is 0. The van der Waals surface area contributed by atoms with Gasteiger partial charge in [0, 0.05) is 13.1 Å². The number of anilines is 1. The molecule has 1 rings (SSSR count). The molecule has 0 unspecified atom stereocenters. The summed E-state index contributed by atoms with van der Waals surface area (Å²) in [6.45, 7) is 0.662. The lowest BCUT2D eigenvalue weighted by Gasteiger charge is -2.07. The van der Waals surface area contributed by atoms with E-state index in [9.17, 15) is 8.78 Å². The molecule has 2 nitrogen and oxygen atoms in total. The highest BCUT2D eigenvalue weighted by atomic mass is 79.9. The van der Waals surface area contributed by atoms with Gasteiger partial charge in [0.25, 0.3) is 0 Å². The van der Waals surface area contributed by atoms with Crippen LogP contribution in [0.4, 0.5) is 14.5 Å². The van der Waals surface area contributed by atoms with E-state index in [1.165, 1.54) is 12.1 Å². The van der Waals surface area contributed by atoms with E-state index in [4.69, 9.17) is 5.73 Å². The molecule has 1 aromatic rings. The van der Waals surface area contributed by atoms with Gasteiger partial charge in [0.15, 0.2) is 5.82 Å². The van der Waals surface area contributed by atoms with E-state index >= 15 is 0 Å². The number of nitrogens with two attached hydrogens (primary N) is 1. The van der Waals surface area contributed by atoms with Crippen molar-refractivity contribution in [3.63, 3.8) is 0 Å². The Morgan fingerprint density at radius 1 is 1.38 bits per heavy atom. The van der Waals surface area contributed by atoms with Gasteiger partial charge < -0.3 is 11.1 Å². The van der Waals surface area contributed by atoms with Crippen molar-refractivity contribution in [2.75, 3.05) is 18.4 Å². The zero-order chi connectivity index (χ0) is 9.84. The molecule has 0 fully saturated rings. The van der Waals surface area contributed by atoms with Gasteiger partial charge in [-0.2, -0.15) is 0 Å². The van der Waals surface area contributed by atoms with E-state index in [1.54, 1.807) is 0 Å². The Hall–Kier alpha value is -0.680. The molecular weight excluding hydrogens is 242 g/mol. The van der Waals surface area contributed by atoms with E-state index in [2.05, 4.69) is 21.2 Å². The Morgan fingerprint density at radius 3 is 2.69 bits per heavy atom. The number of benzene rings is 1. The molecule has 0 saturated heterocycles. The maximum Gasteiger partial charge on any atom is 0.163 e. The van der Waals surface area contributed by atoms with Crippen LogP contribution < -0.4 is 11.1 Å². The van der Waals surface area contributed by atoms with Gasteiger partial charge in [0.05, 0.1) is 4.47 Å². The van der Waals surface area contributed by atoms with E-state index in [1.807, 2.05) is 0 Å². The molecule has 0 heterocycles. The maximum absolute atomic E-state index is 13.2. The predicted molar refractivity (Wildman–Crippen MR) is 51.6 cm³/mol. The summed E-state index contributed by atoms with van der Waals surface area (Å²) in [6.07, 6.45) is 0. The Balaban J connectivity index is 2.96. The summed E-state index contributed by atoms with van der Waals surface area (Å²) in [4.78, 5) is 0. The summed E-state index contributed by atoms with van der Waals surface area (Å²) in [5.41, 5.74) is 5.06. The SMILES string of the molecule is NCCNc1c(F)ccc(Br)c1F. The van der Waals surface area contributed by atoms with Crippen molar-refractivity contribution in [1.82, 2.24) is 0 Å². The van der Waals surface area contributed by atoms with Crippen LogP contribution in [0.1, 0.15) is 0 Å². The standard InChI is InChI=1S/C8H9BrF2N2/c9-5-1-2-6(10)8(7(5)11)13-4-3-12/h1-2,13H,3-4,12H2. The number of nitrogens with one attached hydrogen (secondary N) is 1. The van der Waals surface area contributed by atoms with Crippen LogP contribution in [0.3, 0.4) is 0 Å². The minimum atomic E-state index is -0.631. The quantitative estimate of drug-likeness (QED) is 0.807. The first-order valence-electron chi connectivity index (χ1n) is 3.74. The van der Waals surface area contributed by atoms with Crippen molar-refractivity contribution >= 4 is 21.6 Å². The topological polar surface area (TPSA) is 38.0 Å². The zero-order valence-corrected chi connectivity index (χ0v) is 8.37. The minimum absolute atomic E-state index is 0.139. The molecule has 0 aromatic heterocycles. The molecule has 0 spiro atoms. The first-order valence-corrected chi connectivity index (χ1v) is 4.53. The lowest BCUT2D eigenvalue weighted by molar-refractivity contribution is 0.584. The molecule has 0 aliphatic carbocycles. The maximum atomic E-state index is 13.2. The normalized spacial score (nSPS) is 10.2. The van der Waals surface area contributed by atoms with E-state index < -0.39 is 11.6 Å². The zero-order valence-electron chi connectivity index (χ0n) is 6.78. The highest BCUT2D eigenvalue weighted by Gasteiger charge is 2.10. The highest BCUT2D eigenvalue weighted by molar-refractivity contribution is 9.10. The second kappa shape index (κ2) is 4.53. The fraction of sp³-hybridized carbons (Fsp3) is 0.250. The van der Waals surface area contributed by atoms with Crippen LogP contribution in [0, 0.1) is 11.6 Å². The van der Waals surface area contributed by atoms with E-state index in [-0.39, 0.29) is 10.2 Å². The largest absolute Gasteiger partial charge is 0.379 e. The number of hydrogen-bond donors (Lipinski definition) is 2. The molecule has 0 bridgehead atoms. The van der Waals surface area contributed by atoms with Gasteiger partial charge in [-0.05, 0) is 28.1 Å². The summed E-state index contributed by atoms with van der Waals surface area (Å²) in [5, 5.41) is 2.57. The van der Waals surface area contributed by atoms with Crippen LogP contribution in [0.5, 0.6) is 0 Å². The Labute approximate surface area is 83.2 Å². The van der Waals surface area contributed by atoms with Gasteiger partial charge >= 0.3 is 0 Å². The van der Waals surface area contributed by atoms with Crippen LogP contribution in [-0.2, 0) is 0 Å². The highest BCUT2D eigenvalue weighted by Crippen LogP contribution is 2.25. The number of rotatable bonds is 3. The molecule has 13 heavy (non-hydrogen) atoms. The van der Waals surface area contributed by atoms with Crippen LogP contribution >= 0.6 is 15.9 Å². The number of hydrogen-bond acceptors (Lipinski definition) is 2. The smallest absolute Gasteiger partial charge is 0.163 e. The lowest BCUT2D eigenvalue weighted by Crippen LogP contribution is -2.15. The third kappa shape index (κ3) is 2.38. The van der Waals surface area contributed by atoms with Crippen LogP contribution in [0.25, 0.3) is 0 Å². The van der Waals surface area contributed by atoms with E-state index in [0.717, 1.165) is 0 Å². The molecule has 3 N–H and O–H groups in total. The third-order valence-corrected chi connectivity index (χ3v) is 2.10. The minimum Gasteiger partial charge on any atom is -0.379 e. The molecule has 0 saturated carbocycles. The van der Waals surface area contributed by atoms with Crippen molar-refractivity contribution in [2.24, 2.45) is 5.73 Å². The van der Waals surface area contributed by atoms with Gasteiger partial charge in [0.1, 0.15) is 11.5 Å². The Bertz CT molecular complexity index is 304. The molecular formula is C8H9BrF2N2. The average molecular weight is 251 g/mol. The first-order chi connectivity index (χ1) is 6.16. The monoisotopic (exact) mass is 250 g/mol. The molecule has 0 radical (unpaired) electrons. The molecule has 0 amide bonds. The van der Waals surface area contributed by atoms with Gasteiger partial charge in [0.2, 0.25) is 0 Å². The van der Waals surface area contributed by atoms with E-state index in [0.29, 0.717) is 13.1 Å². The molecule has 5 heteroatoms. The molecule has 1 aromatic carbocycles. The molecule has 0 aliphatic rings. The number of halogens is 3. The lowest BCUT2D eigenvalue weighted by atomic mass is 10.3. The summed E-state index contributed by atoms with van der Waals surface area (Å²) in [6, 6.07) is 2.50. The fourth-order valence-corrected chi connectivity index (χ4v) is 1.22. The van der Waals surface area contributed by atoms with Gasteiger partial charge in [-0.1, -0.05) is 0 Å². The summed E-state index contributed by atoms with van der Waals surface area (Å²) in [5.74, 6) is -1.25. The van der Waals surface area contributed by atoms with Crippen LogP contribution in [-0.4, -0.2) is 13.1 Å². The van der Waals surface area contributed by atoms with Crippen LogP contribution in [0.15, 0.2) is 16.6 Å². The molecule has 0 atom stereocenters. The van der Waals surface area contributed by atoms with Crippen LogP contribution in [0.2, 0.25) is 0 Å². The van der Waals surface area contributed by atoms with Crippen molar-refractivity contribution in [2.45, 2.75) is 0 Å². The average Bonchev–Trinajstić information content (AvgIpc) is 2.12. The van der Waals surface area contributed by atoms with Crippen molar-refractivity contribution < 1.29 is 8.78 Å². The van der Waals surface area contributed by atoms with Gasteiger partial charge in [-0.3, -0.25) is 0 Å². The van der Waals surface area contributed by atoms with Crippen molar-refractivity contribution in [1.29, 1.82) is 0 Å². The Morgan fingerprint density at radius 2 is 2.08 bits per heavy atom. The first kappa shape index (κ1) is 10.4. The van der Waals surface area contributed by atoms with Gasteiger partial charge in [-0.25, -0.2) is 8.78 Å². The second-order valence-corrected chi connectivity index (χ2v) is 3.29. The molecule has 72 valence electrons.